The molecule has 2 aromatic rings. The minimum atomic E-state index is -4.59. The molecule has 1 aromatic heterocycles. The average Bonchev–Trinajstić information content (AvgIpc) is 3.64. The third-order valence-corrected chi connectivity index (χ3v) is 7.35. The second kappa shape index (κ2) is 9.51. The molecule has 36 heavy (non-hydrogen) atoms. The van der Waals surface area contributed by atoms with Crippen LogP contribution in [0.25, 0.3) is 0 Å². The van der Waals surface area contributed by atoms with Gasteiger partial charge in [-0.1, -0.05) is 6.07 Å². The van der Waals surface area contributed by atoms with E-state index in [-0.39, 0.29) is 30.0 Å². The first kappa shape index (κ1) is 24.8. The number of alkyl halides is 3. The van der Waals surface area contributed by atoms with Gasteiger partial charge in [-0.2, -0.15) is 18.3 Å². The maximum absolute atomic E-state index is 13.8. The number of carbonyl (C=O) groups excluding carboxylic acids is 2. The van der Waals surface area contributed by atoms with Gasteiger partial charge in [-0.05, 0) is 56.7 Å². The number of hydrogen-bond acceptors (Lipinski definition) is 5. The first-order valence-corrected chi connectivity index (χ1v) is 12.3. The van der Waals surface area contributed by atoms with E-state index in [0.29, 0.717) is 31.3 Å². The van der Waals surface area contributed by atoms with Crippen LogP contribution in [0.3, 0.4) is 0 Å². The highest BCUT2D eigenvalue weighted by Gasteiger charge is 2.51. The lowest BCUT2D eigenvalue weighted by Crippen LogP contribution is -2.56. The second-order valence-electron chi connectivity index (χ2n) is 9.61. The van der Waals surface area contributed by atoms with Gasteiger partial charge in [0.2, 0.25) is 0 Å². The highest BCUT2D eigenvalue weighted by molar-refractivity contribution is 6.05. The SMILES string of the molecule is CCN1C(=O)[C@@H](NC(=O)c2cccc(C(F)(F)F)c2)[C@@H](C2CC2)c2c(CO)nn(C3CCOCC3)c21. The number of hydrogen-bond donors (Lipinski definition) is 2. The Labute approximate surface area is 206 Å². The first-order valence-electron chi connectivity index (χ1n) is 12.3. The number of nitrogens with one attached hydrogen (secondary N) is 1. The lowest BCUT2D eigenvalue weighted by molar-refractivity contribution is -0.137. The molecule has 1 saturated carbocycles. The van der Waals surface area contributed by atoms with Crippen molar-refractivity contribution in [2.45, 2.75) is 63.4 Å². The van der Waals surface area contributed by atoms with E-state index in [1.807, 2.05) is 11.6 Å². The Kier molecular flexibility index (Phi) is 6.54. The minimum Gasteiger partial charge on any atom is -0.390 e. The van der Waals surface area contributed by atoms with E-state index in [9.17, 15) is 27.9 Å². The van der Waals surface area contributed by atoms with Gasteiger partial charge >= 0.3 is 6.18 Å². The van der Waals surface area contributed by atoms with Gasteiger partial charge in [0.1, 0.15) is 11.9 Å². The zero-order valence-corrected chi connectivity index (χ0v) is 19.9. The number of benzene rings is 1. The quantitative estimate of drug-likeness (QED) is 0.626. The summed E-state index contributed by atoms with van der Waals surface area (Å²) in [7, 11) is 0. The molecule has 11 heteroatoms. The number of amides is 2. The van der Waals surface area contributed by atoms with Crippen molar-refractivity contribution in [3.8, 4) is 0 Å². The van der Waals surface area contributed by atoms with Crippen molar-refractivity contribution in [3.05, 3.63) is 46.6 Å². The van der Waals surface area contributed by atoms with Crippen LogP contribution in [0, 0.1) is 5.92 Å². The maximum Gasteiger partial charge on any atom is 0.416 e. The van der Waals surface area contributed by atoms with Crippen molar-refractivity contribution in [1.82, 2.24) is 15.1 Å². The molecule has 2 fully saturated rings. The van der Waals surface area contributed by atoms with E-state index in [1.54, 1.807) is 4.90 Å². The van der Waals surface area contributed by atoms with Gasteiger partial charge in [-0.25, -0.2) is 4.68 Å². The summed E-state index contributed by atoms with van der Waals surface area (Å²) in [5.74, 6) is -0.719. The van der Waals surface area contributed by atoms with Crippen LogP contribution in [-0.4, -0.2) is 52.5 Å². The molecule has 1 aliphatic carbocycles. The number of anilines is 1. The zero-order valence-electron chi connectivity index (χ0n) is 19.9. The topological polar surface area (TPSA) is 96.7 Å². The van der Waals surface area contributed by atoms with Crippen LogP contribution in [0.5, 0.6) is 0 Å². The fourth-order valence-electron chi connectivity index (χ4n) is 5.47. The summed E-state index contributed by atoms with van der Waals surface area (Å²) in [5.41, 5.74) is 0.128. The van der Waals surface area contributed by atoms with Crippen LogP contribution in [0.4, 0.5) is 19.0 Å². The van der Waals surface area contributed by atoms with Gasteiger partial charge in [0, 0.05) is 36.8 Å². The van der Waals surface area contributed by atoms with E-state index in [4.69, 9.17) is 9.84 Å². The van der Waals surface area contributed by atoms with Gasteiger partial charge in [-0.15, -0.1) is 0 Å². The summed E-state index contributed by atoms with van der Waals surface area (Å²) in [6.07, 6.45) is -1.42. The van der Waals surface area contributed by atoms with E-state index in [1.165, 1.54) is 12.1 Å². The Morgan fingerprint density at radius 2 is 1.94 bits per heavy atom. The standard InChI is InChI=1S/C25H29F3N4O4/c1-2-31-23-20(18(13-33)30-32(23)17-8-10-36-11-9-17)19(14-6-7-14)21(24(31)35)29-22(34)15-4-3-5-16(12-15)25(26,27)28/h3-5,12,14,17,19,21,33H,2,6-11,13H2,1H3,(H,29,34)/t19-,21-/m0/s1. The molecular formula is C25H29F3N4O4. The molecule has 3 heterocycles. The number of aromatic nitrogens is 2. The molecule has 0 unspecified atom stereocenters. The number of rotatable bonds is 6. The first-order chi connectivity index (χ1) is 17.2. The molecule has 8 nitrogen and oxygen atoms in total. The number of likely N-dealkylation sites (N-methyl/N-ethyl adjacent to an activating group) is 1. The van der Waals surface area contributed by atoms with Gasteiger partial charge in [0.25, 0.3) is 11.8 Å². The lowest BCUT2D eigenvalue weighted by atomic mass is 9.82. The second-order valence-corrected chi connectivity index (χ2v) is 9.61. The van der Waals surface area contributed by atoms with Gasteiger partial charge in [0.15, 0.2) is 0 Å². The normalized spacial score (nSPS) is 23.0. The fraction of sp³-hybridized carbons (Fsp3) is 0.560. The smallest absolute Gasteiger partial charge is 0.390 e. The summed E-state index contributed by atoms with van der Waals surface area (Å²) < 4.78 is 46.9. The van der Waals surface area contributed by atoms with Crippen molar-refractivity contribution < 1.29 is 32.6 Å². The molecule has 194 valence electrons. The number of halogens is 3. The Hall–Kier alpha value is -2.92. The van der Waals surface area contributed by atoms with Crippen LogP contribution in [-0.2, 0) is 22.3 Å². The minimum absolute atomic E-state index is 0.0192. The molecule has 2 amide bonds. The van der Waals surface area contributed by atoms with Crippen molar-refractivity contribution in [1.29, 1.82) is 0 Å². The summed E-state index contributed by atoms with van der Waals surface area (Å²) in [5, 5.41) is 17.7. The average molecular weight is 507 g/mol. The van der Waals surface area contributed by atoms with E-state index in [2.05, 4.69) is 5.32 Å². The molecule has 3 aliphatic rings. The van der Waals surface area contributed by atoms with E-state index in [0.717, 1.165) is 43.4 Å². The third kappa shape index (κ3) is 4.39. The summed E-state index contributed by atoms with van der Waals surface area (Å²) in [6.45, 7) is 2.98. The number of fused-ring (bicyclic) bond motifs is 1. The molecule has 2 N–H and O–H groups in total. The number of aliphatic hydroxyl groups is 1. The molecule has 0 bridgehead atoms. The predicted octanol–water partition coefficient (Wildman–Crippen LogP) is 3.40. The Balaban J connectivity index is 1.54. The monoisotopic (exact) mass is 506 g/mol. The zero-order chi connectivity index (χ0) is 25.6. The number of aliphatic hydroxyl groups excluding tert-OH is 1. The highest BCUT2D eigenvalue weighted by atomic mass is 19.4. The number of ether oxygens (including phenoxy) is 1. The van der Waals surface area contributed by atoms with Crippen LogP contribution >= 0.6 is 0 Å². The Morgan fingerprint density at radius 1 is 1.22 bits per heavy atom. The van der Waals surface area contributed by atoms with Crippen LogP contribution in [0.15, 0.2) is 24.3 Å². The highest BCUT2D eigenvalue weighted by Crippen LogP contribution is 2.52. The van der Waals surface area contributed by atoms with E-state index >= 15 is 0 Å². The summed E-state index contributed by atoms with van der Waals surface area (Å²) in [4.78, 5) is 28.5. The third-order valence-electron chi connectivity index (χ3n) is 7.35. The van der Waals surface area contributed by atoms with Crippen molar-refractivity contribution in [2.75, 3.05) is 24.7 Å². The molecule has 0 radical (unpaired) electrons. The van der Waals surface area contributed by atoms with Crippen molar-refractivity contribution in [2.24, 2.45) is 5.92 Å². The number of nitrogens with zero attached hydrogens (tertiary/aromatic N) is 3. The molecule has 1 aromatic carbocycles. The molecule has 2 atom stereocenters. The molecular weight excluding hydrogens is 477 g/mol. The number of carbonyl (C=O) groups is 2. The summed E-state index contributed by atoms with van der Waals surface area (Å²) in [6, 6.07) is 3.22. The van der Waals surface area contributed by atoms with Gasteiger partial charge < -0.3 is 15.2 Å². The van der Waals surface area contributed by atoms with E-state index < -0.39 is 29.6 Å². The molecule has 5 rings (SSSR count). The molecule has 0 spiro atoms. The molecule has 1 saturated heterocycles. The van der Waals surface area contributed by atoms with Crippen LogP contribution in [0.1, 0.15) is 71.7 Å². The summed E-state index contributed by atoms with van der Waals surface area (Å²) >= 11 is 0. The Bertz CT molecular complexity index is 1150. The largest absolute Gasteiger partial charge is 0.416 e. The fourth-order valence-corrected chi connectivity index (χ4v) is 5.47. The van der Waals surface area contributed by atoms with Crippen molar-refractivity contribution in [3.63, 3.8) is 0 Å². The molecule has 2 aliphatic heterocycles. The van der Waals surface area contributed by atoms with Crippen LogP contribution in [0.2, 0.25) is 0 Å². The van der Waals surface area contributed by atoms with Gasteiger partial charge in [0.05, 0.1) is 23.9 Å². The van der Waals surface area contributed by atoms with Crippen molar-refractivity contribution >= 4 is 17.6 Å². The Morgan fingerprint density at radius 3 is 2.56 bits per heavy atom. The lowest BCUT2D eigenvalue weighted by Gasteiger charge is -2.39. The van der Waals surface area contributed by atoms with Crippen LogP contribution < -0.4 is 10.2 Å². The maximum atomic E-state index is 13.8. The predicted molar refractivity (Wildman–Crippen MR) is 123 cm³/mol. The van der Waals surface area contributed by atoms with Gasteiger partial charge in [-0.3, -0.25) is 14.5 Å².